The summed E-state index contributed by atoms with van der Waals surface area (Å²) in [7, 11) is -4.02. The molecular formula is C15H14ClN3O4S. The van der Waals surface area contributed by atoms with Crippen molar-refractivity contribution in [3.63, 3.8) is 0 Å². The Morgan fingerprint density at radius 2 is 1.92 bits per heavy atom. The number of nitrogens with two attached hydrogens (primary N) is 1. The highest BCUT2D eigenvalue weighted by molar-refractivity contribution is 7.87. The Hall–Kier alpha value is -2.58. The SMILES string of the molecule is Cc1ccc(S(=O)(=O)Oc2ccc(Cl)cc2/C=N\NC(N)=O)cc1. The minimum Gasteiger partial charge on any atom is -0.378 e. The van der Waals surface area contributed by atoms with Crippen molar-refractivity contribution in [2.75, 3.05) is 0 Å². The van der Waals surface area contributed by atoms with Crippen molar-refractivity contribution >= 4 is 34.0 Å². The maximum Gasteiger partial charge on any atom is 0.339 e. The predicted molar refractivity (Wildman–Crippen MR) is 90.8 cm³/mol. The summed E-state index contributed by atoms with van der Waals surface area (Å²) in [6, 6.07) is 9.66. The molecule has 0 aliphatic carbocycles. The molecule has 3 N–H and O–H groups in total. The second-order valence-corrected chi connectivity index (χ2v) is 6.75. The van der Waals surface area contributed by atoms with Crippen molar-refractivity contribution in [2.24, 2.45) is 10.8 Å². The fourth-order valence-corrected chi connectivity index (χ4v) is 2.87. The number of carbonyl (C=O) groups is 1. The van der Waals surface area contributed by atoms with E-state index < -0.39 is 16.1 Å². The van der Waals surface area contributed by atoms with Crippen LogP contribution in [0, 0.1) is 6.92 Å². The maximum atomic E-state index is 12.3. The molecule has 0 saturated heterocycles. The summed E-state index contributed by atoms with van der Waals surface area (Å²) in [4.78, 5) is 10.6. The van der Waals surface area contributed by atoms with Gasteiger partial charge >= 0.3 is 16.1 Å². The topological polar surface area (TPSA) is 111 Å². The highest BCUT2D eigenvalue weighted by atomic mass is 35.5. The van der Waals surface area contributed by atoms with E-state index in [1.165, 1.54) is 36.5 Å². The molecule has 0 bridgehead atoms. The summed E-state index contributed by atoms with van der Waals surface area (Å²) in [6.07, 6.45) is 1.18. The number of nitrogens with one attached hydrogen (secondary N) is 1. The van der Waals surface area contributed by atoms with Gasteiger partial charge in [0.25, 0.3) is 0 Å². The van der Waals surface area contributed by atoms with E-state index in [0.29, 0.717) is 5.02 Å². The fourth-order valence-electron chi connectivity index (χ4n) is 1.73. The van der Waals surface area contributed by atoms with Gasteiger partial charge in [0, 0.05) is 10.6 Å². The van der Waals surface area contributed by atoms with Gasteiger partial charge in [0.15, 0.2) is 5.75 Å². The maximum absolute atomic E-state index is 12.3. The monoisotopic (exact) mass is 367 g/mol. The number of rotatable bonds is 5. The van der Waals surface area contributed by atoms with Crippen LogP contribution in [0.25, 0.3) is 0 Å². The number of benzene rings is 2. The number of hydrogen-bond acceptors (Lipinski definition) is 5. The Labute approximate surface area is 144 Å². The van der Waals surface area contributed by atoms with E-state index >= 15 is 0 Å². The van der Waals surface area contributed by atoms with Crippen LogP contribution in [0.2, 0.25) is 5.02 Å². The average Bonchev–Trinajstić information content (AvgIpc) is 2.50. The van der Waals surface area contributed by atoms with Crippen LogP contribution >= 0.6 is 11.6 Å². The fraction of sp³-hybridized carbons (Fsp3) is 0.0667. The summed E-state index contributed by atoms with van der Waals surface area (Å²) < 4.78 is 29.8. The summed E-state index contributed by atoms with van der Waals surface area (Å²) >= 11 is 5.89. The molecule has 2 amide bonds. The van der Waals surface area contributed by atoms with E-state index in [1.807, 2.05) is 12.3 Å². The van der Waals surface area contributed by atoms with Gasteiger partial charge in [-0.05, 0) is 37.3 Å². The largest absolute Gasteiger partial charge is 0.378 e. The van der Waals surface area contributed by atoms with Gasteiger partial charge in [0.2, 0.25) is 0 Å². The molecule has 0 spiro atoms. The van der Waals surface area contributed by atoms with E-state index in [1.54, 1.807) is 12.1 Å². The normalized spacial score (nSPS) is 11.4. The molecule has 0 aliphatic rings. The molecule has 0 saturated carbocycles. The lowest BCUT2D eigenvalue weighted by molar-refractivity contribution is 0.249. The smallest absolute Gasteiger partial charge is 0.339 e. The summed E-state index contributed by atoms with van der Waals surface area (Å²) in [5.74, 6) is 0.00926. The molecule has 2 aromatic rings. The van der Waals surface area contributed by atoms with E-state index in [0.717, 1.165) is 5.56 Å². The van der Waals surface area contributed by atoms with Crippen molar-refractivity contribution in [1.29, 1.82) is 0 Å². The van der Waals surface area contributed by atoms with Crippen LogP contribution in [0.4, 0.5) is 4.79 Å². The van der Waals surface area contributed by atoms with Gasteiger partial charge in [0.05, 0.1) is 6.21 Å². The lowest BCUT2D eigenvalue weighted by Crippen LogP contribution is -2.24. The molecular weight excluding hydrogens is 354 g/mol. The molecule has 0 radical (unpaired) electrons. The number of urea groups is 1. The van der Waals surface area contributed by atoms with Crippen LogP contribution < -0.4 is 15.3 Å². The van der Waals surface area contributed by atoms with E-state index in [4.69, 9.17) is 21.5 Å². The minimum absolute atomic E-state index is 0.00926. The standard InChI is InChI=1S/C15H14ClN3O4S/c1-10-2-5-13(6-3-10)24(21,22)23-14-7-4-12(16)8-11(14)9-18-19-15(17)20/h2-9H,1H3,(H3,17,19,20)/b18-9-. The molecule has 7 nitrogen and oxygen atoms in total. The average molecular weight is 368 g/mol. The first-order chi connectivity index (χ1) is 11.3. The van der Waals surface area contributed by atoms with Crippen molar-refractivity contribution < 1.29 is 17.4 Å². The van der Waals surface area contributed by atoms with Gasteiger partial charge in [-0.3, -0.25) is 0 Å². The van der Waals surface area contributed by atoms with Gasteiger partial charge < -0.3 is 9.92 Å². The quantitative estimate of drug-likeness (QED) is 0.480. The minimum atomic E-state index is -4.02. The lowest BCUT2D eigenvalue weighted by atomic mass is 10.2. The Kier molecular flexibility index (Phi) is 5.42. The zero-order chi connectivity index (χ0) is 17.7. The van der Waals surface area contributed by atoms with Crippen LogP contribution in [-0.2, 0) is 10.1 Å². The number of hydrogen-bond donors (Lipinski definition) is 2. The Morgan fingerprint density at radius 3 is 2.54 bits per heavy atom. The van der Waals surface area contributed by atoms with Gasteiger partial charge in [-0.15, -0.1) is 0 Å². The van der Waals surface area contributed by atoms with Crippen molar-refractivity contribution in [3.05, 3.63) is 58.6 Å². The molecule has 9 heteroatoms. The predicted octanol–water partition coefficient (Wildman–Crippen LogP) is 2.42. The van der Waals surface area contributed by atoms with Crippen LogP contribution in [0.1, 0.15) is 11.1 Å². The first-order valence-corrected chi connectivity index (χ1v) is 8.46. The molecule has 2 rings (SSSR count). The van der Waals surface area contributed by atoms with Crippen LogP contribution in [0.15, 0.2) is 52.5 Å². The molecule has 0 atom stereocenters. The van der Waals surface area contributed by atoms with E-state index in [9.17, 15) is 13.2 Å². The third-order valence-electron chi connectivity index (χ3n) is 2.86. The lowest BCUT2D eigenvalue weighted by Gasteiger charge is -2.10. The zero-order valence-corrected chi connectivity index (χ0v) is 14.1. The van der Waals surface area contributed by atoms with Crippen LogP contribution in [0.5, 0.6) is 5.75 Å². The second-order valence-electron chi connectivity index (χ2n) is 4.77. The number of hydrazone groups is 1. The molecule has 0 aliphatic heterocycles. The Bertz CT molecular complexity index is 880. The van der Waals surface area contributed by atoms with Gasteiger partial charge in [-0.25, -0.2) is 10.2 Å². The molecule has 0 fully saturated rings. The molecule has 0 aromatic heterocycles. The Morgan fingerprint density at radius 1 is 1.25 bits per heavy atom. The summed E-state index contributed by atoms with van der Waals surface area (Å²) in [6.45, 7) is 1.84. The third kappa shape index (κ3) is 4.71. The number of aryl methyl sites for hydroxylation is 1. The van der Waals surface area contributed by atoms with E-state index in [2.05, 4.69) is 5.10 Å². The molecule has 126 valence electrons. The van der Waals surface area contributed by atoms with Crippen molar-refractivity contribution in [1.82, 2.24) is 5.43 Å². The van der Waals surface area contributed by atoms with Gasteiger partial charge in [-0.1, -0.05) is 29.3 Å². The van der Waals surface area contributed by atoms with Crippen molar-refractivity contribution in [2.45, 2.75) is 11.8 Å². The number of halogens is 1. The van der Waals surface area contributed by atoms with Gasteiger partial charge in [0.1, 0.15) is 4.90 Å². The van der Waals surface area contributed by atoms with Crippen LogP contribution in [0.3, 0.4) is 0 Å². The highest BCUT2D eigenvalue weighted by Crippen LogP contribution is 2.25. The number of nitrogens with zero attached hydrogens (tertiary/aromatic N) is 1. The number of amides is 2. The highest BCUT2D eigenvalue weighted by Gasteiger charge is 2.18. The third-order valence-corrected chi connectivity index (χ3v) is 4.34. The Balaban J connectivity index is 2.33. The zero-order valence-electron chi connectivity index (χ0n) is 12.6. The first-order valence-electron chi connectivity index (χ1n) is 6.67. The summed E-state index contributed by atoms with van der Waals surface area (Å²) in [5, 5.41) is 3.92. The number of primary amides is 1. The first kappa shape index (κ1) is 17.8. The summed E-state index contributed by atoms with van der Waals surface area (Å²) in [5.41, 5.74) is 8.08. The van der Waals surface area contributed by atoms with Crippen molar-refractivity contribution in [3.8, 4) is 5.75 Å². The van der Waals surface area contributed by atoms with Gasteiger partial charge in [-0.2, -0.15) is 13.5 Å². The van der Waals surface area contributed by atoms with E-state index in [-0.39, 0.29) is 16.2 Å². The van der Waals surface area contributed by atoms with Crippen LogP contribution in [-0.4, -0.2) is 20.7 Å². The second kappa shape index (κ2) is 7.33. The molecule has 0 unspecified atom stereocenters. The molecule has 0 heterocycles. The number of carbonyl (C=O) groups excluding carboxylic acids is 1. The molecule has 24 heavy (non-hydrogen) atoms. The molecule has 2 aromatic carbocycles.